The van der Waals surface area contributed by atoms with Crippen molar-refractivity contribution >= 4 is 16.7 Å². The highest BCUT2D eigenvalue weighted by Gasteiger charge is 2.13. The average Bonchev–Trinajstić information content (AvgIpc) is 2.87. The van der Waals surface area contributed by atoms with Crippen molar-refractivity contribution in [3.8, 4) is 5.75 Å². The number of Topliss-reactive ketones (excluding diaryl/α,β-unsaturated/α-hetero) is 1. The Morgan fingerprint density at radius 2 is 1.86 bits per heavy atom. The van der Waals surface area contributed by atoms with Crippen LogP contribution in [0.5, 0.6) is 5.75 Å². The number of ketones is 1. The molecule has 1 aliphatic rings. The molecule has 4 rings (SSSR count). The molecule has 8 nitrogen and oxygen atoms in total. The van der Waals surface area contributed by atoms with Gasteiger partial charge in [-0.05, 0) is 62.1 Å². The second-order valence-corrected chi connectivity index (χ2v) is 9.04. The highest BCUT2D eigenvalue weighted by molar-refractivity contribution is 5.99. The Bertz CT molecular complexity index is 1300. The third-order valence-electron chi connectivity index (χ3n) is 6.63. The van der Waals surface area contributed by atoms with E-state index in [4.69, 9.17) is 9.47 Å². The fraction of sp³-hybridized carbons (Fsp3) is 0.444. The van der Waals surface area contributed by atoms with Gasteiger partial charge in [0.05, 0.1) is 31.2 Å². The number of ether oxygens (including phenoxy) is 2. The fourth-order valence-corrected chi connectivity index (χ4v) is 4.48. The van der Waals surface area contributed by atoms with Gasteiger partial charge in [-0.1, -0.05) is 18.2 Å². The molecule has 1 aromatic heterocycles. The van der Waals surface area contributed by atoms with Crippen LogP contribution < -0.4 is 16.0 Å². The van der Waals surface area contributed by atoms with Crippen LogP contribution in [-0.2, 0) is 17.7 Å². The number of fused-ring (bicyclic) bond motifs is 1. The van der Waals surface area contributed by atoms with E-state index < -0.39 is 5.69 Å². The summed E-state index contributed by atoms with van der Waals surface area (Å²) in [6.45, 7) is 6.63. The Balaban J connectivity index is 1.41. The maximum absolute atomic E-state index is 13.0. The molecule has 0 saturated carbocycles. The minimum atomic E-state index is -0.475. The molecule has 0 aliphatic carbocycles. The van der Waals surface area contributed by atoms with E-state index in [1.54, 1.807) is 25.3 Å². The molecule has 0 bridgehead atoms. The standard InChI is InChI=1S/C27H33N3O5/c1-19-6-7-20(17-25(19)34-2)10-12-30-26(32)22-9-8-21(18-23(22)28-27(30)33)24(31)5-3-4-11-29-13-15-35-16-14-29/h6-9,17-18H,3-5,10-16H2,1-2H3,(H,28,33). The Morgan fingerprint density at radius 3 is 2.63 bits per heavy atom. The van der Waals surface area contributed by atoms with Crippen LogP contribution in [0.3, 0.4) is 0 Å². The Kier molecular flexibility index (Phi) is 8.15. The zero-order valence-electron chi connectivity index (χ0n) is 20.5. The molecular formula is C27H33N3O5. The first-order valence-corrected chi connectivity index (χ1v) is 12.2. The molecule has 0 unspecified atom stereocenters. The zero-order valence-corrected chi connectivity index (χ0v) is 20.5. The van der Waals surface area contributed by atoms with Gasteiger partial charge < -0.3 is 14.5 Å². The number of aryl methyl sites for hydroxylation is 2. The summed E-state index contributed by atoms with van der Waals surface area (Å²) in [7, 11) is 1.62. The highest BCUT2D eigenvalue weighted by atomic mass is 16.5. The van der Waals surface area contributed by atoms with Crippen molar-refractivity contribution in [1.29, 1.82) is 0 Å². The number of nitrogens with zero attached hydrogens (tertiary/aromatic N) is 2. The van der Waals surface area contributed by atoms with Crippen LogP contribution >= 0.6 is 0 Å². The molecule has 35 heavy (non-hydrogen) atoms. The third-order valence-corrected chi connectivity index (χ3v) is 6.63. The fourth-order valence-electron chi connectivity index (χ4n) is 4.48. The van der Waals surface area contributed by atoms with E-state index >= 15 is 0 Å². The second-order valence-electron chi connectivity index (χ2n) is 9.04. The first kappa shape index (κ1) is 24.9. The summed E-state index contributed by atoms with van der Waals surface area (Å²) >= 11 is 0. The van der Waals surface area contributed by atoms with E-state index in [1.807, 2.05) is 25.1 Å². The van der Waals surface area contributed by atoms with Gasteiger partial charge in [0.15, 0.2) is 5.78 Å². The minimum absolute atomic E-state index is 0.0206. The predicted octanol–water partition coefficient (Wildman–Crippen LogP) is 2.93. The summed E-state index contributed by atoms with van der Waals surface area (Å²) in [5, 5.41) is 0.398. The number of hydrogen-bond acceptors (Lipinski definition) is 6. The smallest absolute Gasteiger partial charge is 0.328 e. The third kappa shape index (κ3) is 6.07. The van der Waals surface area contributed by atoms with Gasteiger partial charge >= 0.3 is 5.69 Å². The van der Waals surface area contributed by atoms with Crippen molar-refractivity contribution in [3.05, 3.63) is 73.9 Å². The molecule has 0 spiro atoms. The second kappa shape index (κ2) is 11.5. The van der Waals surface area contributed by atoms with Crippen LogP contribution in [0.4, 0.5) is 0 Å². The predicted molar refractivity (Wildman–Crippen MR) is 136 cm³/mol. The summed E-state index contributed by atoms with van der Waals surface area (Å²) in [6.07, 6.45) is 2.72. The van der Waals surface area contributed by atoms with Gasteiger partial charge in [-0.2, -0.15) is 0 Å². The molecule has 1 aliphatic heterocycles. The number of benzene rings is 2. The SMILES string of the molecule is COc1cc(CCn2c(=O)[nH]c3cc(C(=O)CCCCN4CCOCC4)ccc3c2=O)ccc1C. The van der Waals surface area contributed by atoms with Crippen LogP contribution in [0.25, 0.3) is 10.9 Å². The molecule has 3 aromatic rings. The Morgan fingerprint density at radius 1 is 1.06 bits per heavy atom. The van der Waals surface area contributed by atoms with Crippen molar-refractivity contribution in [2.75, 3.05) is 40.0 Å². The number of nitrogens with one attached hydrogen (secondary N) is 1. The molecule has 0 radical (unpaired) electrons. The number of aromatic nitrogens is 2. The van der Waals surface area contributed by atoms with Gasteiger partial charge in [-0.3, -0.25) is 19.1 Å². The molecule has 2 heterocycles. The van der Waals surface area contributed by atoms with E-state index in [0.717, 1.165) is 62.6 Å². The van der Waals surface area contributed by atoms with Crippen molar-refractivity contribution in [3.63, 3.8) is 0 Å². The van der Waals surface area contributed by atoms with Gasteiger partial charge in [0.2, 0.25) is 0 Å². The quantitative estimate of drug-likeness (QED) is 0.355. The normalized spacial score (nSPS) is 14.3. The number of aromatic amines is 1. The minimum Gasteiger partial charge on any atom is -0.496 e. The van der Waals surface area contributed by atoms with Crippen molar-refractivity contribution in [2.45, 2.75) is 39.2 Å². The van der Waals surface area contributed by atoms with E-state index in [9.17, 15) is 14.4 Å². The van der Waals surface area contributed by atoms with Gasteiger partial charge in [0, 0.05) is 31.6 Å². The molecule has 0 atom stereocenters. The largest absolute Gasteiger partial charge is 0.496 e. The lowest BCUT2D eigenvalue weighted by atomic mass is 10.0. The summed E-state index contributed by atoms with van der Waals surface area (Å²) < 4.78 is 11.9. The number of hydrogen-bond donors (Lipinski definition) is 1. The lowest BCUT2D eigenvalue weighted by Gasteiger charge is -2.26. The van der Waals surface area contributed by atoms with Crippen molar-refractivity contribution < 1.29 is 14.3 Å². The van der Waals surface area contributed by atoms with Gasteiger partial charge in [0.1, 0.15) is 5.75 Å². The lowest BCUT2D eigenvalue weighted by molar-refractivity contribution is 0.0371. The Labute approximate surface area is 204 Å². The monoisotopic (exact) mass is 479 g/mol. The summed E-state index contributed by atoms with van der Waals surface area (Å²) in [4.78, 5) is 43.5. The summed E-state index contributed by atoms with van der Waals surface area (Å²) in [6, 6.07) is 10.8. The van der Waals surface area contributed by atoms with Crippen LogP contribution in [-0.4, -0.2) is 60.2 Å². The van der Waals surface area contributed by atoms with Crippen LogP contribution in [0, 0.1) is 6.92 Å². The summed E-state index contributed by atoms with van der Waals surface area (Å²) in [5.74, 6) is 0.799. The number of rotatable bonds is 10. The molecule has 2 aromatic carbocycles. The molecule has 186 valence electrons. The number of morpholine rings is 1. The highest BCUT2D eigenvalue weighted by Crippen LogP contribution is 2.19. The molecule has 1 fully saturated rings. The van der Waals surface area contributed by atoms with E-state index in [2.05, 4.69) is 9.88 Å². The number of H-pyrrole nitrogens is 1. The van der Waals surface area contributed by atoms with Gasteiger partial charge in [0.25, 0.3) is 5.56 Å². The van der Waals surface area contributed by atoms with E-state index in [-0.39, 0.29) is 17.9 Å². The molecule has 0 amide bonds. The lowest BCUT2D eigenvalue weighted by Crippen LogP contribution is -2.36. The van der Waals surface area contributed by atoms with E-state index in [1.165, 1.54) is 4.57 Å². The summed E-state index contributed by atoms with van der Waals surface area (Å²) in [5.41, 5.74) is 2.09. The van der Waals surface area contributed by atoms with Crippen LogP contribution in [0.15, 0.2) is 46.0 Å². The van der Waals surface area contributed by atoms with Crippen molar-refractivity contribution in [2.24, 2.45) is 0 Å². The molecular weight excluding hydrogens is 446 g/mol. The van der Waals surface area contributed by atoms with Crippen LogP contribution in [0.2, 0.25) is 0 Å². The maximum Gasteiger partial charge on any atom is 0.328 e. The molecule has 1 saturated heterocycles. The van der Waals surface area contributed by atoms with E-state index in [0.29, 0.717) is 29.3 Å². The number of unbranched alkanes of at least 4 members (excludes halogenated alkanes) is 1. The first-order valence-electron chi connectivity index (χ1n) is 12.2. The van der Waals surface area contributed by atoms with Crippen molar-refractivity contribution in [1.82, 2.24) is 14.5 Å². The van der Waals surface area contributed by atoms with Gasteiger partial charge in [-0.25, -0.2) is 4.79 Å². The van der Waals surface area contributed by atoms with Gasteiger partial charge in [-0.15, -0.1) is 0 Å². The average molecular weight is 480 g/mol. The molecule has 8 heteroatoms. The number of carbonyl (C=O) groups excluding carboxylic acids is 1. The topological polar surface area (TPSA) is 93.6 Å². The number of carbonyl (C=O) groups is 1. The zero-order chi connectivity index (χ0) is 24.8. The maximum atomic E-state index is 13.0. The molecule has 1 N–H and O–H groups in total. The Hall–Kier alpha value is -3.23. The number of methoxy groups -OCH3 is 1. The first-order chi connectivity index (χ1) is 17.0. The van der Waals surface area contributed by atoms with Crippen LogP contribution in [0.1, 0.15) is 40.7 Å².